The van der Waals surface area contributed by atoms with Crippen molar-refractivity contribution >= 4 is 17.4 Å². The Morgan fingerprint density at radius 3 is 2.63 bits per heavy atom. The molecule has 1 fully saturated rings. The maximum absolute atomic E-state index is 12.8. The number of fused-ring (bicyclic) bond motifs is 1. The SMILES string of the molecule is COc1ccc(-c2nc3cc(C)ccn3c2NC(=O)CCC2CCCC2)cc1OC. The molecule has 1 aliphatic carbocycles. The van der Waals surface area contributed by atoms with Crippen LogP contribution < -0.4 is 14.8 Å². The second kappa shape index (κ2) is 8.78. The number of rotatable bonds is 7. The molecule has 2 aromatic heterocycles. The number of benzene rings is 1. The first-order chi connectivity index (χ1) is 14.6. The number of aryl methyl sites for hydroxylation is 1. The molecule has 3 aromatic rings. The number of carbonyl (C=O) groups is 1. The van der Waals surface area contributed by atoms with Gasteiger partial charge in [-0.25, -0.2) is 4.98 Å². The summed E-state index contributed by atoms with van der Waals surface area (Å²) in [4.78, 5) is 17.6. The number of imidazole rings is 1. The second-order valence-electron chi connectivity index (χ2n) is 8.05. The summed E-state index contributed by atoms with van der Waals surface area (Å²) < 4.78 is 12.8. The summed E-state index contributed by atoms with van der Waals surface area (Å²) in [6.07, 6.45) is 8.53. The topological polar surface area (TPSA) is 64.9 Å². The van der Waals surface area contributed by atoms with Gasteiger partial charge in [0, 0.05) is 18.2 Å². The summed E-state index contributed by atoms with van der Waals surface area (Å²) in [5.74, 6) is 2.69. The highest BCUT2D eigenvalue weighted by Crippen LogP contribution is 2.36. The van der Waals surface area contributed by atoms with Crippen molar-refractivity contribution in [1.29, 1.82) is 0 Å². The third-order valence-electron chi connectivity index (χ3n) is 5.95. The van der Waals surface area contributed by atoms with Crippen molar-refractivity contribution in [3.63, 3.8) is 0 Å². The minimum atomic E-state index is 0.0333. The Hall–Kier alpha value is -3.02. The molecular weight excluding hydrogens is 378 g/mol. The van der Waals surface area contributed by atoms with Crippen molar-refractivity contribution in [2.45, 2.75) is 45.4 Å². The van der Waals surface area contributed by atoms with Gasteiger partial charge in [-0.15, -0.1) is 0 Å². The summed E-state index contributed by atoms with van der Waals surface area (Å²) in [5.41, 5.74) is 3.49. The van der Waals surface area contributed by atoms with Gasteiger partial charge in [0.1, 0.15) is 17.2 Å². The van der Waals surface area contributed by atoms with Crippen LogP contribution in [-0.2, 0) is 4.79 Å². The molecule has 30 heavy (non-hydrogen) atoms. The maximum atomic E-state index is 12.8. The average molecular weight is 408 g/mol. The molecule has 0 atom stereocenters. The normalized spacial score (nSPS) is 14.2. The van der Waals surface area contributed by atoms with Gasteiger partial charge in [0.15, 0.2) is 11.5 Å². The van der Waals surface area contributed by atoms with Crippen LogP contribution >= 0.6 is 0 Å². The summed E-state index contributed by atoms with van der Waals surface area (Å²) in [6.45, 7) is 2.03. The minimum Gasteiger partial charge on any atom is -0.493 e. The van der Waals surface area contributed by atoms with Crippen molar-refractivity contribution in [3.05, 3.63) is 42.1 Å². The number of nitrogens with zero attached hydrogens (tertiary/aromatic N) is 2. The van der Waals surface area contributed by atoms with Gasteiger partial charge in [0.25, 0.3) is 0 Å². The molecule has 1 amide bonds. The monoisotopic (exact) mass is 407 g/mol. The Bertz CT molecular complexity index is 1050. The summed E-state index contributed by atoms with van der Waals surface area (Å²) in [5, 5.41) is 3.13. The van der Waals surface area contributed by atoms with Gasteiger partial charge in [0.05, 0.1) is 14.2 Å². The highest BCUT2D eigenvalue weighted by Gasteiger charge is 2.20. The van der Waals surface area contributed by atoms with E-state index < -0.39 is 0 Å². The van der Waals surface area contributed by atoms with Gasteiger partial charge in [-0.1, -0.05) is 25.7 Å². The highest BCUT2D eigenvalue weighted by molar-refractivity contribution is 5.94. The van der Waals surface area contributed by atoms with E-state index in [1.54, 1.807) is 14.2 Å². The van der Waals surface area contributed by atoms with Crippen molar-refractivity contribution in [2.75, 3.05) is 19.5 Å². The number of anilines is 1. The summed E-state index contributed by atoms with van der Waals surface area (Å²) >= 11 is 0. The van der Waals surface area contributed by atoms with Crippen LogP contribution in [0.1, 0.15) is 44.1 Å². The lowest BCUT2D eigenvalue weighted by Gasteiger charge is -2.12. The fourth-order valence-electron chi connectivity index (χ4n) is 4.28. The Balaban J connectivity index is 1.67. The van der Waals surface area contributed by atoms with Gasteiger partial charge in [0.2, 0.25) is 5.91 Å². The van der Waals surface area contributed by atoms with E-state index >= 15 is 0 Å². The first kappa shape index (κ1) is 20.3. The first-order valence-electron chi connectivity index (χ1n) is 10.6. The molecule has 0 aliphatic heterocycles. The van der Waals surface area contributed by atoms with Gasteiger partial charge in [-0.05, 0) is 55.2 Å². The third-order valence-corrected chi connectivity index (χ3v) is 5.95. The van der Waals surface area contributed by atoms with Crippen LogP contribution in [0.25, 0.3) is 16.9 Å². The number of aromatic nitrogens is 2. The lowest BCUT2D eigenvalue weighted by molar-refractivity contribution is -0.116. The van der Waals surface area contributed by atoms with E-state index in [1.807, 2.05) is 47.9 Å². The molecule has 4 rings (SSSR count). The van der Waals surface area contributed by atoms with Crippen LogP contribution in [0.4, 0.5) is 5.82 Å². The summed E-state index contributed by atoms with van der Waals surface area (Å²) in [6, 6.07) is 9.71. The molecule has 0 unspecified atom stereocenters. The number of amides is 1. The van der Waals surface area contributed by atoms with Crippen LogP contribution in [0.15, 0.2) is 36.5 Å². The zero-order valence-electron chi connectivity index (χ0n) is 17.9. The molecule has 0 saturated heterocycles. The Kier molecular flexibility index (Phi) is 5.93. The third kappa shape index (κ3) is 4.13. The standard InChI is InChI=1S/C24H29N3O3/c1-16-12-13-27-21(14-16)25-23(18-9-10-19(29-2)20(15-18)30-3)24(27)26-22(28)11-8-17-6-4-5-7-17/h9-10,12-15,17H,4-8,11H2,1-3H3,(H,26,28). The Morgan fingerprint density at radius 1 is 1.13 bits per heavy atom. The quantitative estimate of drug-likeness (QED) is 0.582. The average Bonchev–Trinajstić information content (AvgIpc) is 3.39. The Labute approximate surface area is 177 Å². The fourth-order valence-corrected chi connectivity index (χ4v) is 4.28. The number of hydrogen-bond donors (Lipinski definition) is 1. The zero-order valence-corrected chi connectivity index (χ0v) is 17.9. The number of methoxy groups -OCH3 is 2. The molecule has 2 heterocycles. The number of carbonyl (C=O) groups excluding carboxylic acids is 1. The lowest BCUT2D eigenvalue weighted by atomic mass is 10.0. The van der Waals surface area contributed by atoms with Crippen molar-refractivity contribution in [2.24, 2.45) is 5.92 Å². The fraction of sp³-hybridized carbons (Fsp3) is 0.417. The maximum Gasteiger partial charge on any atom is 0.225 e. The number of nitrogens with one attached hydrogen (secondary N) is 1. The molecule has 6 nitrogen and oxygen atoms in total. The highest BCUT2D eigenvalue weighted by atomic mass is 16.5. The van der Waals surface area contributed by atoms with E-state index in [-0.39, 0.29) is 5.91 Å². The molecule has 1 saturated carbocycles. The van der Waals surface area contributed by atoms with Crippen molar-refractivity contribution in [1.82, 2.24) is 9.38 Å². The van der Waals surface area contributed by atoms with E-state index in [0.29, 0.717) is 29.7 Å². The molecule has 1 N–H and O–H groups in total. The van der Waals surface area contributed by atoms with E-state index in [4.69, 9.17) is 14.5 Å². The molecule has 1 aliphatic rings. The lowest BCUT2D eigenvalue weighted by Crippen LogP contribution is -2.14. The number of ether oxygens (including phenoxy) is 2. The number of hydrogen-bond acceptors (Lipinski definition) is 4. The second-order valence-corrected chi connectivity index (χ2v) is 8.05. The zero-order chi connectivity index (χ0) is 21.1. The molecule has 158 valence electrons. The van der Waals surface area contributed by atoms with Crippen LogP contribution in [0.5, 0.6) is 11.5 Å². The van der Waals surface area contributed by atoms with Gasteiger partial charge in [-0.3, -0.25) is 9.20 Å². The van der Waals surface area contributed by atoms with Crippen molar-refractivity contribution < 1.29 is 14.3 Å². The smallest absolute Gasteiger partial charge is 0.225 e. The first-order valence-corrected chi connectivity index (χ1v) is 10.6. The molecule has 0 radical (unpaired) electrons. The minimum absolute atomic E-state index is 0.0333. The molecule has 0 spiro atoms. The number of pyridine rings is 1. The van der Waals surface area contributed by atoms with E-state index in [0.717, 1.165) is 28.9 Å². The largest absolute Gasteiger partial charge is 0.493 e. The van der Waals surface area contributed by atoms with Crippen LogP contribution in [0, 0.1) is 12.8 Å². The van der Waals surface area contributed by atoms with E-state index in [2.05, 4.69) is 5.32 Å². The van der Waals surface area contributed by atoms with Gasteiger partial charge >= 0.3 is 0 Å². The van der Waals surface area contributed by atoms with Crippen LogP contribution in [0.3, 0.4) is 0 Å². The molecule has 0 bridgehead atoms. The molecular formula is C24H29N3O3. The van der Waals surface area contributed by atoms with Gasteiger partial charge in [-0.2, -0.15) is 0 Å². The van der Waals surface area contributed by atoms with Crippen LogP contribution in [-0.4, -0.2) is 29.5 Å². The summed E-state index contributed by atoms with van der Waals surface area (Å²) in [7, 11) is 3.22. The van der Waals surface area contributed by atoms with Gasteiger partial charge < -0.3 is 14.8 Å². The van der Waals surface area contributed by atoms with Crippen LogP contribution in [0.2, 0.25) is 0 Å². The molecule has 1 aromatic carbocycles. The van der Waals surface area contributed by atoms with E-state index in [9.17, 15) is 4.79 Å². The Morgan fingerprint density at radius 2 is 1.90 bits per heavy atom. The van der Waals surface area contributed by atoms with Crippen molar-refractivity contribution in [3.8, 4) is 22.8 Å². The predicted octanol–water partition coefficient (Wildman–Crippen LogP) is 5.24. The predicted molar refractivity (Wildman–Crippen MR) is 118 cm³/mol. The molecule has 6 heteroatoms. The van der Waals surface area contributed by atoms with E-state index in [1.165, 1.54) is 25.7 Å².